The molecule has 0 heterocycles. The number of anilines is 1. The smallest absolute Gasteiger partial charge is 0.335 e. The summed E-state index contributed by atoms with van der Waals surface area (Å²) in [6.45, 7) is 0.362. The molecule has 4 nitrogen and oxygen atoms in total. The third-order valence-electron chi connectivity index (χ3n) is 2.10. The van der Waals surface area contributed by atoms with E-state index in [4.69, 9.17) is 16.8 Å². The number of rotatable bonds is 3. The Kier molecular flexibility index (Phi) is 3.53. The average molecular weight is 214 g/mol. The first-order valence-corrected chi connectivity index (χ1v) is 4.52. The molecule has 16 heavy (non-hydrogen) atoms. The molecule has 0 aromatic heterocycles. The topological polar surface area (TPSA) is 64.3 Å². The summed E-state index contributed by atoms with van der Waals surface area (Å²) in [4.78, 5) is 12.4. The molecule has 1 rings (SSSR count). The SMILES string of the molecule is C#CCN(C)c1ccc(C(=O)O)cc1C#N. The lowest BCUT2D eigenvalue weighted by Gasteiger charge is -2.17. The highest BCUT2D eigenvalue weighted by molar-refractivity contribution is 5.89. The molecule has 0 spiro atoms. The largest absolute Gasteiger partial charge is 0.478 e. The molecule has 4 heteroatoms. The monoisotopic (exact) mass is 214 g/mol. The van der Waals surface area contributed by atoms with Crippen LogP contribution in [0.25, 0.3) is 0 Å². The molecular formula is C12H10N2O2. The summed E-state index contributed by atoms with van der Waals surface area (Å²) in [5.74, 6) is 1.40. The van der Waals surface area contributed by atoms with Gasteiger partial charge in [0.25, 0.3) is 0 Å². The van der Waals surface area contributed by atoms with Crippen molar-refractivity contribution >= 4 is 11.7 Å². The van der Waals surface area contributed by atoms with E-state index < -0.39 is 5.97 Å². The molecule has 0 aliphatic rings. The van der Waals surface area contributed by atoms with Gasteiger partial charge in [0.15, 0.2) is 0 Å². The molecule has 0 amide bonds. The van der Waals surface area contributed by atoms with Gasteiger partial charge in [0.2, 0.25) is 0 Å². The fourth-order valence-electron chi connectivity index (χ4n) is 1.31. The minimum Gasteiger partial charge on any atom is -0.478 e. The Morgan fingerprint density at radius 1 is 1.62 bits per heavy atom. The second-order valence-corrected chi connectivity index (χ2v) is 3.21. The molecule has 0 radical (unpaired) electrons. The number of aromatic carboxylic acids is 1. The van der Waals surface area contributed by atoms with Crippen LogP contribution in [-0.2, 0) is 0 Å². The van der Waals surface area contributed by atoms with Gasteiger partial charge >= 0.3 is 5.97 Å². The second kappa shape index (κ2) is 4.86. The van der Waals surface area contributed by atoms with E-state index in [2.05, 4.69) is 5.92 Å². The molecule has 1 aromatic rings. The summed E-state index contributed by atoms with van der Waals surface area (Å²) < 4.78 is 0. The third-order valence-corrected chi connectivity index (χ3v) is 2.10. The fraction of sp³-hybridized carbons (Fsp3) is 0.167. The van der Waals surface area contributed by atoms with E-state index in [1.807, 2.05) is 6.07 Å². The van der Waals surface area contributed by atoms with Crippen molar-refractivity contribution in [2.45, 2.75) is 0 Å². The Morgan fingerprint density at radius 3 is 2.81 bits per heavy atom. The van der Waals surface area contributed by atoms with Gasteiger partial charge in [-0.05, 0) is 18.2 Å². The molecule has 0 aliphatic carbocycles. The number of nitrogens with zero attached hydrogens (tertiary/aromatic N) is 2. The summed E-state index contributed by atoms with van der Waals surface area (Å²) in [5.41, 5.74) is 1.03. The second-order valence-electron chi connectivity index (χ2n) is 3.21. The van der Waals surface area contributed by atoms with Crippen LogP contribution in [0.2, 0.25) is 0 Å². The molecule has 0 unspecified atom stereocenters. The molecule has 0 saturated carbocycles. The van der Waals surface area contributed by atoms with Crippen LogP contribution in [0.5, 0.6) is 0 Å². The maximum atomic E-state index is 10.7. The number of nitriles is 1. The van der Waals surface area contributed by atoms with Crippen molar-refractivity contribution in [1.82, 2.24) is 0 Å². The molecule has 1 N–H and O–H groups in total. The van der Waals surface area contributed by atoms with E-state index in [1.54, 1.807) is 18.0 Å². The van der Waals surface area contributed by atoms with E-state index >= 15 is 0 Å². The zero-order chi connectivity index (χ0) is 12.1. The zero-order valence-electron chi connectivity index (χ0n) is 8.77. The maximum Gasteiger partial charge on any atom is 0.335 e. The number of terminal acetylenes is 1. The number of carboxylic acid groups (broad SMARTS) is 1. The Bertz CT molecular complexity index is 495. The molecule has 0 fully saturated rings. The van der Waals surface area contributed by atoms with Crippen LogP contribution in [0.3, 0.4) is 0 Å². The lowest BCUT2D eigenvalue weighted by Crippen LogP contribution is -2.18. The molecular weight excluding hydrogens is 204 g/mol. The quantitative estimate of drug-likeness (QED) is 0.771. The van der Waals surface area contributed by atoms with E-state index in [9.17, 15) is 4.79 Å². The average Bonchev–Trinajstić information content (AvgIpc) is 2.28. The fourth-order valence-corrected chi connectivity index (χ4v) is 1.31. The number of carboxylic acids is 1. The zero-order valence-corrected chi connectivity index (χ0v) is 8.77. The highest BCUT2D eigenvalue weighted by Gasteiger charge is 2.10. The van der Waals surface area contributed by atoms with Crippen molar-refractivity contribution in [1.29, 1.82) is 5.26 Å². The van der Waals surface area contributed by atoms with E-state index in [0.717, 1.165) is 0 Å². The molecule has 0 saturated heterocycles. The molecule has 0 bridgehead atoms. The first-order chi connectivity index (χ1) is 7.60. The van der Waals surface area contributed by atoms with Crippen molar-refractivity contribution in [2.24, 2.45) is 0 Å². The first-order valence-electron chi connectivity index (χ1n) is 4.52. The van der Waals surface area contributed by atoms with Crippen LogP contribution in [-0.4, -0.2) is 24.7 Å². The number of hydrogen-bond donors (Lipinski definition) is 1. The normalized spacial score (nSPS) is 8.94. The predicted molar refractivity (Wildman–Crippen MR) is 60.2 cm³/mol. The summed E-state index contributed by atoms with van der Waals surface area (Å²) in [5, 5.41) is 17.7. The summed E-state index contributed by atoms with van der Waals surface area (Å²) >= 11 is 0. The van der Waals surface area contributed by atoms with Crippen LogP contribution >= 0.6 is 0 Å². The Balaban J connectivity index is 3.19. The van der Waals surface area contributed by atoms with Crippen molar-refractivity contribution in [3.63, 3.8) is 0 Å². The highest BCUT2D eigenvalue weighted by atomic mass is 16.4. The Morgan fingerprint density at radius 2 is 2.31 bits per heavy atom. The third kappa shape index (κ3) is 2.31. The van der Waals surface area contributed by atoms with Crippen LogP contribution in [0, 0.1) is 23.7 Å². The highest BCUT2D eigenvalue weighted by Crippen LogP contribution is 2.20. The van der Waals surface area contributed by atoms with Crippen LogP contribution in [0.4, 0.5) is 5.69 Å². The minimum absolute atomic E-state index is 0.0920. The van der Waals surface area contributed by atoms with Crippen LogP contribution in [0.15, 0.2) is 18.2 Å². The lowest BCUT2D eigenvalue weighted by atomic mass is 10.1. The number of benzene rings is 1. The van der Waals surface area contributed by atoms with Crippen LogP contribution < -0.4 is 4.90 Å². The van der Waals surface area contributed by atoms with Gasteiger partial charge in [0.1, 0.15) is 6.07 Å². The first kappa shape index (κ1) is 11.6. The van der Waals surface area contributed by atoms with Gasteiger partial charge < -0.3 is 10.0 Å². The standard InChI is InChI=1S/C12H10N2O2/c1-3-6-14(2)11-5-4-9(12(15)16)7-10(11)8-13/h1,4-5,7H,6H2,2H3,(H,15,16). The van der Waals surface area contributed by atoms with Gasteiger partial charge in [-0.3, -0.25) is 0 Å². The van der Waals surface area contributed by atoms with E-state index in [0.29, 0.717) is 17.8 Å². The molecule has 0 aliphatic heterocycles. The Hall–Kier alpha value is -2.46. The van der Waals surface area contributed by atoms with Crippen LogP contribution in [0.1, 0.15) is 15.9 Å². The van der Waals surface area contributed by atoms with Gasteiger partial charge in [-0.25, -0.2) is 4.79 Å². The molecule has 1 aromatic carbocycles. The Labute approximate surface area is 93.7 Å². The maximum absolute atomic E-state index is 10.7. The van der Waals surface area contributed by atoms with Gasteiger partial charge in [0, 0.05) is 7.05 Å². The predicted octanol–water partition coefficient (Wildman–Crippen LogP) is 1.33. The summed E-state index contributed by atoms with van der Waals surface area (Å²) in [6, 6.07) is 6.33. The minimum atomic E-state index is -1.05. The molecule has 0 atom stereocenters. The summed E-state index contributed by atoms with van der Waals surface area (Å²) in [7, 11) is 1.75. The molecule has 80 valence electrons. The van der Waals surface area contributed by atoms with Crippen molar-refractivity contribution in [3.05, 3.63) is 29.3 Å². The van der Waals surface area contributed by atoms with Gasteiger partial charge in [-0.1, -0.05) is 5.92 Å². The van der Waals surface area contributed by atoms with E-state index in [1.165, 1.54) is 12.1 Å². The number of hydrogen-bond acceptors (Lipinski definition) is 3. The van der Waals surface area contributed by atoms with Gasteiger partial charge in [0.05, 0.1) is 23.4 Å². The van der Waals surface area contributed by atoms with E-state index in [-0.39, 0.29) is 5.56 Å². The lowest BCUT2D eigenvalue weighted by molar-refractivity contribution is 0.0697. The summed E-state index contributed by atoms with van der Waals surface area (Å²) in [6.07, 6.45) is 5.17. The van der Waals surface area contributed by atoms with Crippen molar-refractivity contribution < 1.29 is 9.90 Å². The number of carbonyl (C=O) groups is 1. The van der Waals surface area contributed by atoms with Crippen molar-refractivity contribution in [3.8, 4) is 18.4 Å². The van der Waals surface area contributed by atoms with Gasteiger partial charge in [-0.2, -0.15) is 5.26 Å². The van der Waals surface area contributed by atoms with Crippen molar-refractivity contribution in [2.75, 3.05) is 18.5 Å². The van der Waals surface area contributed by atoms with Gasteiger partial charge in [-0.15, -0.1) is 6.42 Å².